The van der Waals surface area contributed by atoms with Gasteiger partial charge in [0.05, 0.1) is 23.3 Å². The van der Waals surface area contributed by atoms with Crippen molar-refractivity contribution in [3.05, 3.63) is 78.8 Å². The topological polar surface area (TPSA) is 95.9 Å². The number of aromatic nitrogens is 4. The monoisotopic (exact) mass is 388 g/mol. The minimum Gasteiger partial charge on any atom is -0.374 e. The second kappa shape index (κ2) is 9.59. The summed E-state index contributed by atoms with van der Waals surface area (Å²) < 4.78 is 0. The minimum absolute atomic E-state index is 0.0373. The quantitative estimate of drug-likeness (QED) is 0.397. The molecule has 0 aliphatic heterocycles. The number of nitrogens with one attached hydrogen (secondary N) is 2. The van der Waals surface area contributed by atoms with Crippen molar-refractivity contribution in [2.45, 2.75) is 32.4 Å². The van der Waals surface area contributed by atoms with E-state index in [1.165, 1.54) is 0 Å². The van der Waals surface area contributed by atoms with E-state index in [0.717, 1.165) is 34.8 Å². The molecule has 0 saturated heterocycles. The molecular formula is C22H24N6O. The molecule has 0 bridgehead atoms. The van der Waals surface area contributed by atoms with Crippen LogP contribution in [0.2, 0.25) is 0 Å². The van der Waals surface area contributed by atoms with Gasteiger partial charge in [-0.25, -0.2) is 9.97 Å². The average molecular weight is 388 g/mol. The highest BCUT2D eigenvalue weighted by atomic mass is 16.3. The molecule has 2 atom stereocenters. The number of aliphatic hydroxyl groups is 1. The maximum atomic E-state index is 9.51. The maximum Gasteiger partial charge on any atom is 0.224 e. The molecule has 1 aromatic carbocycles. The van der Waals surface area contributed by atoms with E-state index >= 15 is 0 Å². The molecule has 2 aromatic heterocycles. The van der Waals surface area contributed by atoms with Crippen LogP contribution in [-0.2, 0) is 0 Å². The molecule has 0 fully saturated rings. The Morgan fingerprint density at radius 1 is 1.14 bits per heavy atom. The Morgan fingerprint density at radius 3 is 2.55 bits per heavy atom. The van der Waals surface area contributed by atoms with Gasteiger partial charge in [0, 0.05) is 35.8 Å². The van der Waals surface area contributed by atoms with Crippen LogP contribution in [0.15, 0.2) is 73.1 Å². The lowest BCUT2D eigenvalue weighted by Crippen LogP contribution is -2.17. The van der Waals surface area contributed by atoms with Crippen LogP contribution < -0.4 is 10.6 Å². The zero-order valence-corrected chi connectivity index (χ0v) is 16.5. The Kier molecular flexibility index (Phi) is 6.68. The minimum atomic E-state index is -0.731. The van der Waals surface area contributed by atoms with Gasteiger partial charge in [0.1, 0.15) is 6.23 Å². The fraction of sp³-hybridized carbons (Fsp3) is 0.227. The van der Waals surface area contributed by atoms with Crippen molar-refractivity contribution in [3.63, 3.8) is 0 Å². The number of aliphatic hydroxyl groups excluding tert-OH is 1. The molecule has 0 spiro atoms. The molecule has 7 nitrogen and oxygen atoms in total. The highest BCUT2D eigenvalue weighted by Crippen LogP contribution is 2.28. The smallest absolute Gasteiger partial charge is 0.224 e. The number of rotatable bonds is 8. The van der Waals surface area contributed by atoms with Gasteiger partial charge in [-0.2, -0.15) is 0 Å². The summed E-state index contributed by atoms with van der Waals surface area (Å²) in [5.41, 5.74) is 7.38. The third-order valence-corrected chi connectivity index (χ3v) is 4.34. The number of anilines is 2. The lowest BCUT2D eigenvalue weighted by Gasteiger charge is -2.19. The van der Waals surface area contributed by atoms with E-state index in [9.17, 15) is 5.11 Å². The Labute approximate surface area is 170 Å². The molecule has 0 saturated carbocycles. The Balaban J connectivity index is 1.79. The fourth-order valence-electron chi connectivity index (χ4n) is 2.97. The summed E-state index contributed by atoms with van der Waals surface area (Å²) >= 11 is 0. The molecule has 2 unspecified atom stereocenters. The van der Waals surface area contributed by atoms with Gasteiger partial charge in [0.25, 0.3) is 0 Å². The molecule has 0 aliphatic carbocycles. The van der Waals surface area contributed by atoms with Gasteiger partial charge in [0.15, 0.2) is 0 Å². The molecule has 0 amide bonds. The predicted octanol–water partition coefficient (Wildman–Crippen LogP) is 3.96. The van der Waals surface area contributed by atoms with Crippen LogP contribution in [0, 0.1) is 0 Å². The predicted molar refractivity (Wildman–Crippen MR) is 114 cm³/mol. The molecule has 7 heteroatoms. The summed E-state index contributed by atoms with van der Waals surface area (Å²) in [5, 5.41) is 15.7. The number of allylic oxidation sites excluding steroid dienone is 1. The Hall–Kier alpha value is -3.54. The Bertz CT molecular complexity index is 982. The van der Waals surface area contributed by atoms with Crippen molar-refractivity contribution >= 4 is 11.6 Å². The molecule has 0 radical (unpaired) electrons. The van der Waals surface area contributed by atoms with Crippen LogP contribution in [0.1, 0.15) is 31.9 Å². The SMILES string of the molecule is C=C=C(Nc1ccc(-c2cnccn2)cc1)C(CC)c1ccnc(NC(C)O)n1. The highest BCUT2D eigenvalue weighted by molar-refractivity contribution is 5.63. The van der Waals surface area contributed by atoms with Crippen molar-refractivity contribution in [3.8, 4) is 11.3 Å². The summed E-state index contributed by atoms with van der Waals surface area (Å²) in [7, 11) is 0. The number of hydrogen-bond donors (Lipinski definition) is 3. The molecule has 148 valence electrons. The molecule has 3 N–H and O–H groups in total. The molecule has 3 rings (SSSR count). The van der Waals surface area contributed by atoms with Crippen molar-refractivity contribution in [1.29, 1.82) is 0 Å². The molecule has 2 heterocycles. The molecule has 0 aliphatic rings. The zero-order chi connectivity index (χ0) is 20.6. The van der Waals surface area contributed by atoms with Crippen LogP contribution in [0.4, 0.5) is 11.6 Å². The van der Waals surface area contributed by atoms with Crippen molar-refractivity contribution < 1.29 is 5.11 Å². The first kappa shape index (κ1) is 20.2. The van der Waals surface area contributed by atoms with E-state index in [0.29, 0.717) is 5.95 Å². The first-order valence-electron chi connectivity index (χ1n) is 9.41. The summed E-state index contributed by atoms with van der Waals surface area (Å²) in [6.45, 7) is 7.54. The van der Waals surface area contributed by atoms with Crippen LogP contribution in [0.3, 0.4) is 0 Å². The van der Waals surface area contributed by atoms with Gasteiger partial charge >= 0.3 is 0 Å². The first-order valence-corrected chi connectivity index (χ1v) is 9.41. The van der Waals surface area contributed by atoms with E-state index in [2.05, 4.69) is 49.8 Å². The summed E-state index contributed by atoms with van der Waals surface area (Å²) in [6.07, 6.45) is 6.80. The summed E-state index contributed by atoms with van der Waals surface area (Å²) in [4.78, 5) is 17.1. The highest BCUT2D eigenvalue weighted by Gasteiger charge is 2.18. The lowest BCUT2D eigenvalue weighted by molar-refractivity contribution is 0.223. The largest absolute Gasteiger partial charge is 0.374 e. The number of nitrogens with zero attached hydrogens (tertiary/aromatic N) is 4. The lowest BCUT2D eigenvalue weighted by atomic mass is 9.98. The van der Waals surface area contributed by atoms with Crippen molar-refractivity contribution in [2.75, 3.05) is 10.6 Å². The molecular weight excluding hydrogens is 364 g/mol. The van der Waals surface area contributed by atoms with Gasteiger partial charge in [0.2, 0.25) is 5.95 Å². The second-order valence-corrected chi connectivity index (χ2v) is 6.47. The van der Waals surface area contributed by atoms with Crippen LogP contribution in [0.5, 0.6) is 0 Å². The van der Waals surface area contributed by atoms with Crippen LogP contribution >= 0.6 is 0 Å². The molecule has 29 heavy (non-hydrogen) atoms. The van der Waals surface area contributed by atoms with Crippen molar-refractivity contribution in [2.24, 2.45) is 0 Å². The van der Waals surface area contributed by atoms with E-state index in [-0.39, 0.29) is 5.92 Å². The normalized spacial score (nSPS) is 12.5. The van der Waals surface area contributed by atoms with Crippen LogP contribution in [0.25, 0.3) is 11.3 Å². The van der Waals surface area contributed by atoms with Gasteiger partial charge in [-0.05, 0) is 31.5 Å². The van der Waals surface area contributed by atoms with Gasteiger partial charge in [-0.15, -0.1) is 5.73 Å². The second-order valence-electron chi connectivity index (χ2n) is 6.47. The summed E-state index contributed by atoms with van der Waals surface area (Å²) in [5.74, 6) is 0.345. The van der Waals surface area contributed by atoms with Crippen molar-refractivity contribution in [1.82, 2.24) is 19.9 Å². The first-order chi connectivity index (χ1) is 14.1. The Morgan fingerprint density at radius 2 is 1.93 bits per heavy atom. The van der Waals surface area contributed by atoms with Gasteiger partial charge in [-0.3, -0.25) is 9.97 Å². The molecule has 3 aromatic rings. The van der Waals surface area contributed by atoms with E-state index in [1.807, 2.05) is 30.3 Å². The third kappa shape index (κ3) is 5.25. The van der Waals surface area contributed by atoms with E-state index in [1.54, 1.807) is 31.7 Å². The number of benzene rings is 1. The van der Waals surface area contributed by atoms with E-state index < -0.39 is 6.23 Å². The van der Waals surface area contributed by atoms with Gasteiger partial charge < -0.3 is 15.7 Å². The third-order valence-electron chi connectivity index (χ3n) is 4.34. The maximum absolute atomic E-state index is 9.51. The van der Waals surface area contributed by atoms with Crippen LogP contribution in [-0.4, -0.2) is 31.3 Å². The van der Waals surface area contributed by atoms with Gasteiger partial charge in [-0.1, -0.05) is 25.6 Å². The standard InChI is InChI=1S/C22H24N6O/c1-4-18(20-10-11-25-22(28-20)26-15(3)29)19(5-2)27-17-8-6-16(7-9-17)21-14-23-12-13-24-21/h6-15,18,27,29H,2,4H2,1,3H3,(H,25,26,28). The van der Waals surface area contributed by atoms with E-state index in [4.69, 9.17) is 0 Å². The average Bonchev–Trinajstić information content (AvgIpc) is 2.74. The zero-order valence-electron chi connectivity index (χ0n) is 16.5. The summed E-state index contributed by atoms with van der Waals surface area (Å²) in [6, 6.07) is 9.80. The number of hydrogen-bond acceptors (Lipinski definition) is 7. The fourth-order valence-corrected chi connectivity index (χ4v) is 2.97.